The van der Waals surface area contributed by atoms with Crippen LogP contribution < -0.4 is 10.6 Å². The van der Waals surface area contributed by atoms with Gasteiger partial charge in [-0.05, 0) is 56.2 Å². The molecule has 0 aromatic heterocycles. The van der Waals surface area contributed by atoms with Crippen LogP contribution in [0, 0.1) is 5.92 Å². The summed E-state index contributed by atoms with van der Waals surface area (Å²) in [6, 6.07) is 8.19. The van der Waals surface area contributed by atoms with E-state index in [1.54, 1.807) is 0 Å². The first-order chi connectivity index (χ1) is 10.2. The van der Waals surface area contributed by atoms with E-state index in [0.717, 1.165) is 44.8 Å². The lowest BCUT2D eigenvalue weighted by Crippen LogP contribution is -2.22. The number of carbonyl (C=O) groups is 1. The molecule has 1 aromatic rings. The smallest absolute Gasteiger partial charge is 0.224 e. The topological polar surface area (TPSA) is 44.4 Å². The predicted molar refractivity (Wildman–Crippen MR) is 102 cm³/mol. The molecule has 23 heavy (non-hydrogen) atoms. The molecule has 0 spiro atoms. The number of amides is 1. The Kier molecular flexibility index (Phi) is 11.3. The Hall–Kier alpha value is -0.810. The number of carbonyl (C=O) groups excluding carboxylic acids is 1. The summed E-state index contributed by atoms with van der Waals surface area (Å²) in [7, 11) is 0. The third-order valence-corrected chi connectivity index (χ3v) is 4.15. The Labute approximate surface area is 152 Å². The van der Waals surface area contributed by atoms with Crippen molar-refractivity contribution in [1.82, 2.24) is 10.2 Å². The van der Waals surface area contributed by atoms with Crippen LogP contribution in [0.5, 0.6) is 0 Å². The third kappa shape index (κ3) is 7.53. The molecule has 1 aliphatic heterocycles. The van der Waals surface area contributed by atoms with E-state index in [1.807, 2.05) is 12.1 Å². The van der Waals surface area contributed by atoms with Crippen molar-refractivity contribution in [3.63, 3.8) is 0 Å². The molecule has 0 saturated carbocycles. The van der Waals surface area contributed by atoms with E-state index in [4.69, 9.17) is 0 Å². The maximum atomic E-state index is 12.1. The number of hydrogen-bond acceptors (Lipinski definition) is 3. The van der Waals surface area contributed by atoms with Gasteiger partial charge in [0.25, 0.3) is 0 Å². The quantitative estimate of drug-likeness (QED) is 0.782. The lowest BCUT2D eigenvalue weighted by Gasteiger charge is -2.18. The molecular formula is C17H29Cl2N3O. The number of halogens is 2. The van der Waals surface area contributed by atoms with E-state index < -0.39 is 0 Å². The van der Waals surface area contributed by atoms with Gasteiger partial charge in [0, 0.05) is 18.7 Å². The molecule has 1 unspecified atom stereocenters. The molecule has 1 atom stereocenters. The number of hydrogen-bond donors (Lipinski definition) is 2. The molecule has 2 N–H and O–H groups in total. The minimum Gasteiger partial charge on any atom is -0.326 e. The van der Waals surface area contributed by atoms with E-state index in [9.17, 15) is 4.79 Å². The molecular weight excluding hydrogens is 333 g/mol. The van der Waals surface area contributed by atoms with Gasteiger partial charge in [-0.25, -0.2) is 0 Å². The fourth-order valence-electron chi connectivity index (χ4n) is 2.82. The molecule has 0 radical (unpaired) electrons. The van der Waals surface area contributed by atoms with Crippen molar-refractivity contribution in [2.45, 2.75) is 33.2 Å². The van der Waals surface area contributed by atoms with E-state index in [2.05, 4.69) is 41.5 Å². The van der Waals surface area contributed by atoms with Crippen molar-refractivity contribution in [3.8, 4) is 0 Å². The van der Waals surface area contributed by atoms with Gasteiger partial charge in [0.15, 0.2) is 0 Å². The summed E-state index contributed by atoms with van der Waals surface area (Å²) in [4.78, 5) is 14.4. The van der Waals surface area contributed by atoms with Crippen molar-refractivity contribution in [1.29, 1.82) is 0 Å². The van der Waals surface area contributed by atoms with Crippen LogP contribution in [0.3, 0.4) is 0 Å². The average Bonchev–Trinajstić information content (AvgIpc) is 2.97. The largest absolute Gasteiger partial charge is 0.326 e. The van der Waals surface area contributed by atoms with Gasteiger partial charge in [-0.15, -0.1) is 24.8 Å². The predicted octanol–water partition coefficient (Wildman–Crippen LogP) is 3.31. The zero-order valence-corrected chi connectivity index (χ0v) is 15.6. The summed E-state index contributed by atoms with van der Waals surface area (Å²) in [5.74, 6) is 0.618. The van der Waals surface area contributed by atoms with Gasteiger partial charge in [0.2, 0.25) is 5.91 Å². The van der Waals surface area contributed by atoms with Gasteiger partial charge in [0.1, 0.15) is 0 Å². The molecule has 1 saturated heterocycles. The second-order valence-electron chi connectivity index (χ2n) is 5.77. The van der Waals surface area contributed by atoms with Gasteiger partial charge in [-0.2, -0.15) is 0 Å². The number of anilines is 1. The highest BCUT2D eigenvalue weighted by Crippen LogP contribution is 2.16. The Morgan fingerprint density at radius 3 is 2.65 bits per heavy atom. The van der Waals surface area contributed by atoms with Gasteiger partial charge in [-0.1, -0.05) is 26.0 Å². The number of nitrogens with zero attached hydrogens (tertiary/aromatic N) is 1. The van der Waals surface area contributed by atoms with Crippen molar-refractivity contribution < 1.29 is 4.79 Å². The van der Waals surface area contributed by atoms with Crippen LogP contribution >= 0.6 is 24.8 Å². The standard InChI is InChI=1S/C17H27N3O.2ClH/c1-3-20(4-2)13-15-6-5-7-16(10-15)19-17(21)11-14-8-9-18-12-14;;/h5-7,10,14,18H,3-4,8-9,11-13H2,1-2H3,(H,19,21);2*1H. The molecule has 0 bridgehead atoms. The average molecular weight is 362 g/mol. The van der Waals surface area contributed by atoms with Crippen molar-refractivity contribution in [3.05, 3.63) is 29.8 Å². The number of benzene rings is 1. The van der Waals surface area contributed by atoms with Crippen LogP contribution in [0.4, 0.5) is 5.69 Å². The number of nitrogens with one attached hydrogen (secondary N) is 2. The highest BCUT2D eigenvalue weighted by Gasteiger charge is 2.18. The van der Waals surface area contributed by atoms with Crippen LogP contribution in [0.15, 0.2) is 24.3 Å². The van der Waals surface area contributed by atoms with Gasteiger partial charge in [0.05, 0.1) is 0 Å². The zero-order valence-electron chi connectivity index (χ0n) is 14.0. The van der Waals surface area contributed by atoms with E-state index in [1.165, 1.54) is 5.56 Å². The van der Waals surface area contributed by atoms with Crippen molar-refractivity contribution in [2.24, 2.45) is 5.92 Å². The normalized spacial score (nSPS) is 16.6. The van der Waals surface area contributed by atoms with Crippen LogP contribution in [0.25, 0.3) is 0 Å². The fraction of sp³-hybridized carbons (Fsp3) is 0.588. The lowest BCUT2D eigenvalue weighted by molar-refractivity contribution is -0.116. The zero-order chi connectivity index (χ0) is 15.1. The maximum Gasteiger partial charge on any atom is 0.224 e. The van der Waals surface area contributed by atoms with Crippen molar-refractivity contribution in [2.75, 3.05) is 31.5 Å². The molecule has 1 amide bonds. The Morgan fingerprint density at radius 1 is 1.30 bits per heavy atom. The molecule has 6 heteroatoms. The van der Waals surface area contributed by atoms with Crippen LogP contribution in [0.2, 0.25) is 0 Å². The van der Waals surface area contributed by atoms with E-state index in [-0.39, 0.29) is 30.7 Å². The van der Waals surface area contributed by atoms with Gasteiger partial charge in [-0.3, -0.25) is 9.69 Å². The fourth-order valence-corrected chi connectivity index (χ4v) is 2.82. The first kappa shape index (κ1) is 22.2. The summed E-state index contributed by atoms with van der Waals surface area (Å²) >= 11 is 0. The minimum atomic E-state index is 0. The molecule has 1 aliphatic rings. The van der Waals surface area contributed by atoms with E-state index >= 15 is 0 Å². The Morgan fingerprint density at radius 2 is 2.04 bits per heavy atom. The highest BCUT2D eigenvalue weighted by molar-refractivity contribution is 5.90. The van der Waals surface area contributed by atoms with Gasteiger partial charge < -0.3 is 10.6 Å². The molecule has 1 aromatic carbocycles. The second kappa shape index (κ2) is 11.7. The SMILES string of the molecule is CCN(CC)Cc1cccc(NC(=O)CC2CCNC2)c1.Cl.Cl. The Bertz CT molecular complexity index is 461. The molecule has 4 nitrogen and oxygen atoms in total. The molecule has 0 aliphatic carbocycles. The third-order valence-electron chi connectivity index (χ3n) is 4.15. The second-order valence-corrected chi connectivity index (χ2v) is 5.77. The first-order valence-electron chi connectivity index (χ1n) is 8.03. The maximum absolute atomic E-state index is 12.1. The van der Waals surface area contributed by atoms with Crippen molar-refractivity contribution >= 4 is 36.4 Å². The summed E-state index contributed by atoms with van der Waals surface area (Å²) in [6.07, 6.45) is 1.72. The van der Waals surface area contributed by atoms with E-state index in [0.29, 0.717) is 12.3 Å². The molecule has 1 heterocycles. The summed E-state index contributed by atoms with van der Waals surface area (Å²) in [5.41, 5.74) is 2.16. The highest BCUT2D eigenvalue weighted by atomic mass is 35.5. The molecule has 132 valence electrons. The monoisotopic (exact) mass is 361 g/mol. The first-order valence-corrected chi connectivity index (χ1v) is 8.03. The van der Waals surface area contributed by atoms with Gasteiger partial charge >= 0.3 is 0 Å². The van der Waals surface area contributed by atoms with Crippen LogP contribution in [0.1, 0.15) is 32.3 Å². The summed E-state index contributed by atoms with van der Waals surface area (Å²) in [6.45, 7) is 9.37. The molecule has 1 fully saturated rings. The summed E-state index contributed by atoms with van der Waals surface area (Å²) in [5, 5.41) is 6.33. The Balaban J connectivity index is 0.00000242. The van der Waals surface area contributed by atoms with Crippen LogP contribution in [-0.2, 0) is 11.3 Å². The number of rotatable bonds is 7. The summed E-state index contributed by atoms with van der Waals surface area (Å²) < 4.78 is 0. The van der Waals surface area contributed by atoms with Crippen LogP contribution in [-0.4, -0.2) is 37.0 Å². The minimum absolute atomic E-state index is 0. The molecule has 2 rings (SSSR count). The lowest BCUT2D eigenvalue weighted by atomic mass is 10.0.